The molecule has 1 aromatic carbocycles. The maximum Gasteiger partial charge on any atom is 0.268 e. The third-order valence-corrected chi connectivity index (χ3v) is 8.17. The van der Waals surface area contributed by atoms with Crippen LogP contribution in [0, 0.1) is 5.95 Å². The summed E-state index contributed by atoms with van der Waals surface area (Å²) >= 11 is 1.25. The highest BCUT2D eigenvalue weighted by Gasteiger charge is 2.29. The first-order valence-electron chi connectivity index (χ1n) is 13.2. The van der Waals surface area contributed by atoms with Crippen molar-refractivity contribution >= 4 is 40.1 Å². The average molecular weight is 563 g/mol. The lowest BCUT2D eigenvalue weighted by molar-refractivity contribution is -0.126. The first kappa shape index (κ1) is 27.6. The summed E-state index contributed by atoms with van der Waals surface area (Å²) in [4.78, 5) is 37.2. The molecular weight excluding hydrogens is 531 g/mol. The van der Waals surface area contributed by atoms with Gasteiger partial charge in [0.1, 0.15) is 0 Å². The fourth-order valence-electron chi connectivity index (χ4n) is 4.90. The molecular formula is C29H31FN6O3S. The van der Waals surface area contributed by atoms with Crippen LogP contribution in [0.5, 0.6) is 0 Å². The zero-order valence-electron chi connectivity index (χ0n) is 22.1. The first-order valence-corrected chi connectivity index (χ1v) is 14.0. The maximum atomic E-state index is 13.6. The van der Waals surface area contributed by atoms with E-state index in [1.165, 1.54) is 29.7 Å². The van der Waals surface area contributed by atoms with Gasteiger partial charge in [-0.2, -0.15) is 4.39 Å². The molecule has 1 fully saturated rings. The van der Waals surface area contributed by atoms with Gasteiger partial charge in [0.2, 0.25) is 17.8 Å². The largest absolute Gasteiger partial charge is 0.395 e. The SMILES string of the molecule is C=CC(=O)N1CCCC1Cn1c(NC(=O)c2ccc(-c3ccnc(F)c3)s2)nc2cc(CNC(C)CO)ccc21. The Hall–Kier alpha value is -3.93. The standard InChI is InChI=1S/C29H31FN6O3S/c1-3-27(38)35-12-4-5-21(35)16-36-23-7-6-19(15-32-18(2)17-37)13-22(23)33-29(36)34-28(39)25-9-8-24(40-25)20-10-11-31-26(30)14-20/h3,6-11,13-14,18,21,32,37H,1,4-5,12,15-17H2,2H3,(H,33,34,39). The van der Waals surface area contributed by atoms with Crippen molar-refractivity contribution < 1.29 is 19.1 Å². The highest BCUT2D eigenvalue weighted by atomic mass is 32.1. The van der Waals surface area contributed by atoms with Gasteiger partial charge >= 0.3 is 0 Å². The fourth-order valence-corrected chi connectivity index (χ4v) is 5.80. The van der Waals surface area contributed by atoms with Gasteiger partial charge in [-0.15, -0.1) is 11.3 Å². The lowest BCUT2D eigenvalue weighted by atomic mass is 10.1. The summed E-state index contributed by atoms with van der Waals surface area (Å²) in [7, 11) is 0. The van der Waals surface area contributed by atoms with Crippen LogP contribution < -0.4 is 10.6 Å². The molecule has 40 heavy (non-hydrogen) atoms. The number of hydrogen-bond acceptors (Lipinski definition) is 7. The quantitative estimate of drug-likeness (QED) is 0.197. The fraction of sp³-hybridized carbons (Fsp3) is 0.310. The predicted molar refractivity (Wildman–Crippen MR) is 154 cm³/mol. The number of likely N-dealkylation sites (tertiary alicyclic amines) is 1. The lowest BCUT2D eigenvalue weighted by Gasteiger charge is -2.24. The Labute approximate surface area is 235 Å². The minimum Gasteiger partial charge on any atom is -0.395 e. The van der Waals surface area contributed by atoms with Gasteiger partial charge in [0.05, 0.1) is 28.6 Å². The number of pyridine rings is 1. The third-order valence-electron chi connectivity index (χ3n) is 7.04. The molecule has 0 bridgehead atoms. The molecule has 1 aliphatic heterocycles. The number of anilines is 1. The molecule has 2 amide bonds. The van der Waals surface area contributed by atoms with E-state index in [1.54, 1.807) is 18.2 Å². The number of nitrogens with zero attached hydrogens (tertiary/aromatic N) is 4. The van der Waals surface area contributed by atoms with E-state index in [0.717, 1.165) is 28.8 Å². The molecule has 4 aromatic rings. The van der Waals surface area contributed by atoms with Gasteiger partial charge in [-0.3, -0.25) is 14.9 Å². The van der Waals surface area contributed by atoms with E-state index >= 15 is 0 Å². The van der Waals surface area contributed by atoms with Crippen molar-refractivity contribution in [2.45, 2.75) is 44.9 Å². The molecule has 9 nitrogen and oxygen atoms in total. The predicted octanol–water partition coefficient (Wildman–Crippen LogP) is 4.20. The van der Waals surface area contributed by atoms with E-state index in [1.807, 2.05) is 34.6 Å². The van der Waals surface area contributed by atoms with Gasteiger partial charge in [-0.05, 0) is 67.3 Å². The number of halogens is 1. The molecule has 5 rings (SSSR count). The van der Waals surface area contributed by atoms with E-state index in [4.69, 9.17) is 4.98 Å². The molecule has 208 valence electrons. The van der Waals surface area contributed by atoms with Gasteiger partial charge in [-0.25, -0.2) is 9.97 Å². The van der Waals surface area contributed by atoms with Crippen molar-refractivity contribution in [3.63, 3.8) is 0 Å². The van der Waals surface area contributed by atoms with Crippen LogP contribution in [0.4, 0.5) is 10.3 Å². The van der Waals surface area contributed by atoms with Gasteiger partial charge in [0.15, 0.2) is 0 Å². The minimum atomic E-state index is -0.582. The number of hydrogen-bond donors (Lipinski definition) is 3. The van der Waals surface area contributed by atoms with E-state index in [2.05, 4.69) is 22.2 Å². The number of carbonyl (C=O) groups excluding carboxylic acids is 2. The van der Waals surface area contributed by atoms with Crippen molar-refractivity contribution in [2.24, 2.45) is 0 Å². The summed E-state index contributed by atoms with van der Waals surface area (Å²) in [6, 6.07) is 12.3. The van der Waals surface area contributed by atoms with E-state index in [9.17, 15) is 19.1 Å². The van der Waals surface area contributed by atoms with Gasteiger partial charge in [-0.1, -0.05) is 12.6 Å². The topological polar surface area (TPSA) is 112 Å². The Morgan fingerprint density at radius 1 is 1.27 bits per heavy atom. The third kappa shape index (κ3) is 5.96. The molecule has 2 unspecified atom stereocenters. The normalized spacial score (nSPS) is 15.9. The highest BCUT2D eigenvalue weighted by Crippen LogP contribution is 2.30. The van der Waals surface area contributed by atoms with Gasteiger partial charge in [0, 0.05) is 42.8 Å². The van der Waals surface area contributed by atoms with Crippen LogP contribution >= 0.6 is 11.3 Å². The Bertz CT molecular complexity index is 1550. The second-order valence-corrected chi connectivity index (χ2v) is 10.9. The second-order valence-electron chi connectivity index (χ2n) is 9.85. The van der Waals surface area contributed by atoms with Crippen LogP contribution in [-0.2, 0) is 17.9 Å². The molecule has 3 aromatic heterocycles. The van der Waals surface area contributed by atoms with Crippen molar-refractivity contribution in [1.82, 2.24) is 24.8 Å². The number of aromatic nitrogens is 3. The summed E-state index contributed by atoms with van der Waals surface area (Å²) in [6.45, 7) is 7.27. The molecule has 11 heteroatoms. The molecule has 1 saturated heterocycles. The van der Waals surface area contributed by atoms with Crippen molar-refractivity contribution in [3.05, 3.63) is 77.7 Å². The number of nitrogens with one attached hydrogen (secondary N) is 2. The number of aliphatic hydroxyl groups excluding tert-OH is 1. The monoisotopic (exact) mass is 562 g/mol. The smallest absolute Gasteiger partial charge is 0.268 e. The molecule has 0 saturated carbocycles. The Kier molecular flexibility index (Phi) is 8.34. The van der Waals surface area contributed by atoms with Crippen molar-refractivity contribution in [3.8, 4) is 10.4 Å². The summed E-state index contributed by atoms with van der Waals surface area (Å²) in [5, 5.41) is 15.5. The van der Waals surface area contributed by atoms with Crippen molar-refractivity contribution in [2.75, 3.05) is 18.5 Å². The number of thiophene rings is 1. The number of rotatable bonds is 10. The van der Waals surface area contributed by atoms with Gasteiger partial charge < -0.3 is 19.9 Å². The highest BCUT2D eigenvalue weighted by molar-refractivity contribution is 7.17. The summed E-state index contributed by atoms with van der Waals surface area (Å²) in [5.74, 6) is -0.632. The number of imidazole rings is 1. The molecule has 1 aliphatic rings. The van der Waals surface area contributed by atoms with Crippen LogP contribution in [0.15, 0.2) is 61.3 Å². The lowest BCUT2D eigenvalue weighted by Crippen LogP contribution is -2.37. The molecule has 2 atom stereocenters. The molecule has 0 spiro atoms. The number of aliphatic hydroxyl groups is 1. The Morgan fingerprint density at radius 3 is 2.90 bits per heavy atom. The molecule has 0 radical (unpaired) electrons. The van der Waals surface area contributed by atoms with Crippen LogP contribution in [0.3, 0.4) is 0 Å². The summed E-state index contributed by atoms with van der Waals surface area (Å²) in [6.07, 6.45) is 4.46. The van der Waals surface area contributed by atoms with Crippen LogP contribution in [0.1, 0.15) is 35.0 Å². The number of benzene rings is 1. The zero-order valence-corrected chi connectivity index (χ0v) is 23.0. The van der Waals surface area contributed by atoms with Crippen LogP contribution in [-0.4, -0.2) is 61.6 Å². The number of fused-ring (bicyclic) bond motifs is 1. The molecule has 3 N–H and O–H groups in total. The Morgan fingerprint density at radius 2 is 2.12 bits per heavy atom. The first-order chi connectivity index (χ1) is 19.4. The van der Waals surface area contributed by atoms with Crippen molar-refractivity contribution in [1.29, 1.82) is 0 Å². The summed E-state index contributed by atoms with van der Waals surface area (Å²) in [5.41, 5.74) is 3.19. The zero-order chi connectivity index (χ0) is 28.2. The molecule has 4 heterocycles. The van der Waals surface area contributed by atoms with Gasteiger partial charge in [0.25, 0.3) is 5.91 Å². The van der Waals surface area contributed by atoms with Crippen LogP contribution in [0.2, 0.25) is 0 Å². The average Bonchev–Trinajstić information content (AvgIpc) is 3.71. The molecule has 0 aliphatic carbocycles. The van der Waals surface area contributed by atoms with E-state index < -0.39 is 5.95 Å². The second kappa shape index (κ2) is 12.1. The number of amides is 2. The maximum absolute atomic E-state index is 13.6. The summed E-state index contributed by atoms with van der Waals surface area (Å²) < 4.78 is 15.6. The Balaban J connectivity index is 1.44. The van der Waals surface area contributed by atoms with Crippen LogP contribution in [0.25, 0.3) is 21.5 Å². The van der Waals surface area contributed by atoms with E-state index in [-0.39, 0.29) is 30.5 Å². The number of carbonyl (C=O) groups is 2. The van der Waals surface area contributed by atoms with E-state index in [0.29, 0.717) is 41.5 Å². The minimum absolute atomic E-state index is 0.0366.